The molecule has 1 aliphatic heterocycles. The average Bonchev–Trinajstić information content (AvgIpc) is 2.72. The Balaban J connectivity index is 1.98. The zero-order valence-corrected chi connectivity index (χ0v) is 15.4. The molecule has 0 radical (unpaired) electrons. The van der Waals surface area contributed by atoms with E-state index in [1.165, 1.54) is 15.2 Å². The van der Waals surface area contributed by atoms with E-state index in [1.54, 1.807) is 4.31 Å². The van der Waals surface area contributed by atoms with Crippen molar-refractivity contribution in [3.63, 3.8) is 0 Å². The maximum atomic E-state index is 12.1. The number of rotatable bonds is 3. The summed E-state index contributed by atoms with van der Waals surface area (Å²) >= 11 is 0.248. The zero-order chi connectivity index (χ0) is 15.9. The van der Waals surface area contributed by atoms with Gasteiger partial charge < -0.3 is 0 Å². The molecular formula is C17H19NO2SSe. The fourth-order valence-corrected chi connectivity index (χ4v) is 6.12. The van der Waals surface area contributed by atoms with Gasteiger partial charge in [-0.15, -0.1) is 0 Å². The molecule has 2 aromatic carbocycles. The van der Waals surface area contributed by atoms with Crippen LogP contribution in [0.15, 0.2) is 48.5 Å². The van der Waals surface area contributed by atoms with Gasteiger partial charge in [0.1, 0.15) is 0 Å². The monoisotopic (exact) mass is 381 g/mol. The topological polar surface area (TPSA) is 37.4 Å². The molecule has 0 aromatic heterocycles. The Kier molecular flexibility index (Phi) is 4.06. The normalized spacial score (nSPS) is 21.0. The van der Waals surface area contributed by atoms with Crippen LogP contribution in [0.5, 0.6) is 0 Å². The minimum absolute atomic E-state index is 0.0236. The Hall–Kier alpha value is -1.29. The third kappa shape index (κ3) is 2.81. The van der Waals surface area contributed by atoms with Gasteiger partial charge in [-0.2, -0.15) is 0 Å². The van der Waals surface area contributed by atoms with Crippen LogP contribution < -0.4 is 13.2 Å². The van der Waals surface area contributed by atoms with Gasteiger partial charge in [0.2, 0.25) is 0 Å². The van der Waals surface area contributed by atoms with Gasteiger partial charge in [-0.05, 0) is 0 Å². The third-order valence-electron chi connectivity index (χ3n) is 4.16. The number of sulfonamides is 1. The van der Waals surface area contributed by atoms with Crippen molar-refractivity contribution in [2.75, 3.05) is 10.6 Å². The fourth-order valence-electron chi connectivity index (χ4n) is 2.95. The SMILES string of the molecule is CC1c2cc([Se]c3ccccc3)ccc2N(S(C)(=O)=O)C1C. The summed E-state index contributed by atoms with van der Waals surface area (Å²) in [7, 11) is -3.23. The van der Waals surface area contributed by atoms with Crippen molar-refractivity contribution in [1.82, 2.24) is 0 Å². The van der Waals surface area contributed by atoms with Gasteiger partial charge in [0.05, 0.1) is 0 Å². The van der Waals surface area contributed by atoms with Crippen LogP contribution in [-0.4, -0.2) is 35.7 Å². The van der Waals surface area contributed by atoms with E-state index in [0.29, 0.717) is 0 Å². The Labute approximate surface area is 138 Å². The molecule has 0 bridgehead atoms. The first-order valence-electron chi connectivity index (χ1n) is 7.24. The van der Waals surface area contributed by atoms with Gasteiger partial charge in [0.25, 0.3) is 0 Å². The molecule has 0 saturated carbocycles. The first-order valence-corrected chi connectivity index (χ1v) is 10.8. The summed E-state index contributed by atoms with van der Waals surface area (Å²) in [5, 5.41) is 0. The van der Waals surface area contributed by atoms with Crippen LogP contribution in [-0.2, 0) is 10.0 Å². The second-order valence-corrected chi connectivity index (χ2v) is 9.99. The molecule has 5 heteroatoms. The molecule has 2 atom stereocenters. The molecule has 0 amide bonds. The van der Waals surface area contributed by atoms with Crippen molar-refractivity contribution in [1.29, 1.82) is 0 Å². The van der Waals surface area contributed by atoms with Crippen molar-refractivity contribution in [2.45, 2.75) is 25.8 Å². The molecule has 0 saturated heterocycles. The van der Waals surface area contributed by atoms with E-state index < -0.39 is 10.0 Å². The van der Waals surface area contributed by atoms with Crippen molar-refractivity contribution >= 4 is 39.6 Å². The number of fused-ring (bicyclic) bond motifs is 1. The van der Waals surface area contributed by atoms with E-state index in [2.05, 4.69) is 43.3 Å². The third-order valence-corrected chi connectivity index (χ3v) is 7.49. The van der Waals surface area contributed by atoms with E-state index in [4.69, 9.17) is 0 Å². The van der Waals surface area contributed by atoms with Crippen LogP contribution in [0.4, 0.5) is 5.69 Å². The van der Waals surface area contributed by atoms with E-state index in [0.717, 1.165) is 11.3 Å². The molecule has 1 heterocycles. The summed E-state index contributed by atoms with van der Waals surface area (Å²) in [5.74, 6) is 0.219. The van der Waals surface area contributed by atoms with Crippen molar-refractivity contribution in [3.8, 4) is 0 Å². The molecule has 2 aromatic rings. The zero-order valence-electron chi connectivity index (χ0n) is 12.9. The van der Waals surface area contributed by atoms with E-state index in [9.17, 15) is 8.42 Å². The molecule has 2 unspecified atom stereocenters. The first kappa shape index (κ1) is 15.6. The predicted octanol–water partition coefficient (Wildman–Crippen LogP) is 1.61. The Morgan fingerprint density at radius 3 is 2.32 bits per heavy atom. The van der Waals surface area contributed by atoms with Crippen LogP contribution in [0, 0.1) is 0 Å². The number of nitrogens with zero attached hydrogens (tertiary/aromatic N) is 1. The van der Waals surface area contributed by atoms with Gasteiger partial charge in [0.15, 0.2) is 0 Å². The summed E-state index contributed by atoms with van der Waals surface area (Å²) in [4.78, 5) is 0. The van der Waals surface area contributed by atoms with E-state index in [-0.39, 0.29) is 26.9 Å². The first-order chi connectivity index (χ1) is 10.4. The summed E-state index contributed by atoms with van der Waals surface area (Å²) in [6, 6.07) is 16.6. The second-order valence-electron chi connectivity index (χ2n) is 5.72. The quantitative estimate of drug-likeness (QED) is 0.759. The maximum absolute atomic E-state index is 12.1. The van der Waals surface area contributed by atoms with E-state index in [1.807, 2.05) is 19.1 Å². The van der Waals surface area contributed by atoms with Gasteiger partial charge in [-0.1, -0.05) is 0 Å². The Morgan fingerprint density at radius 2 is 1.68 bits per heavy atom. The van der Waals surface area contributed by atoms with Gasteiger partial charge in [0, 0.05) is 0 Å². The standard InChI is InChI=1S/C17H19NO2SSe/c1-12-13(2)18(21(3,19)20)17-10-9-15(11-16(12)17)22-14-7-5-4-6-8-14/h4-13H,1-3H3. The molecule has 22 heavy (non-hydrogen) atoms. The van der Waals surface area contributed by atoms with Crippen LogP contribution >= 0.6 is 0 Å². The Bertz CT molecular complexity index is 790. The molecule has 0 fully saturated rings. The molecular weight excluding hydrogens is 361 g/mol. The summed E-state index contributed by atoms with van der Waals surface area (Å²) in [5.41, 5.74) is 1.99. The minimum atomic E-state index is -3.23. The number of benzene rings is 2. The average molecular weight is 380 g/mol. The molecule has 1 aliphatic rings. The second kappa shape index (κ2) is 5.73. The van der Waals surface area contributed by atoms with Gasteiger partial charge >= 0.3 is 138 Å². The summed E-state index contributed by atoms with van der Waals surface area (Å²) in [6.07, 6.45) is 1.28. The van der Waals surface area contributed by atoms with Crippen LogP contribution in [0.25, 0.3) is 0 Å². The molecule has 3 rings (SSSR count). The number of anilines is 1. The Morgan fingerprint density at radius 1 is 1.00 bits per heavy atom. The van der Waals surface area contributed by atoms with Crippen molar-refractivity contribution in [2.24, 2.45) is 0 Å². The van der Waals surface area contributed by atoms with E-state index >= 15 is 0 Å². The van der Waals surface area contributed by atoms with Crippen molar-refractivity contribution < 1.29 is 8.42 Å². The molecule has 116 valence electrons. The van der Waals surface area contributed by atoms with Crippen LogP contribution in [0.2, 0.25) is 0 Å². The van der Waals surface area contributed by atoms with Gasteiger partial charge in [-0.3, -0.25) is 0 Å². The summed E-state index contributed by atoms with van der Waals surface area (Å²) in [6.45, 7) is 4.09. The molecule has 0 aliphatic carbocycles. The fraction of sp³-hybridized carbons (Fsp3) is 0.294. The van der Waals surface area contributed by atoms with Gasteiger partial charge in [-0.25, -0.2) is 0 Å². The number of hydrogen-bond acceptors (Lipinski definition) is 2. The predicted molar refractivity (Wildman–Crippen MR) is 93.1 cm³/mol. The summed E-state index contributed by atoms with van der Waals surface area (Å²) < 4.78 is 28.3. The molecule has 3 nitrogen and oxygen atoms in total. The van der Waals surface area contributed by atoms with Crippen molar-refractivity contribution in [3.05, 3.63) is 54.1 Å². The molecule has 0 N–H and O–H groups in total. The molecule has 0 spiro atoms. The van der Waals surface area contributed by atoms with Crippen LogP contribution in [0.3, 0.4) is 0 Å². The van der Waals surface area contributed by atoms with Crippen LogP contribution in [0.1, 0.15) is 25.3 Å². The number of hydrogen-bond donors (Lipinski definition) is 0.